The molecule has 1 saturated heterocycles. The fourth-order valence-corrected chi connectivity index (χ4v) is 2.39. The van der Waals surface area contributed by atoms with Gasteiger partial charge in [-0.3, -0.25) is 4.90 Å². The highest BCUT2D eigenvalue weighted by atomic mass is 35.5. The zero-order valence-corrected chi connectivity index (χ0v) is 10.3. The second-order valence-electron chi connectivity index (χ2n) is 4.44. The summed E-state index contributed by atoms with van der Waals surface area (Å²) in [6, 6.07) is 0.528. The molecule has 1 aliphatic rings. The lowest BCUT2D eigenvalue weighted by Crippen LogP contribution is -2.37. The maximum atomic E-state index is 9.47. The Kier molecular flexibility index (Phi) is 6.30. The van der Waals surface area contributed by atoms with Gasteiger partial charge < -0.3 is 5.11 Å². The number of rotatable bonds is 4. The van der Waals surface area contributed by atoms with Crippen LogP contribution < -0.4 is 0 Å². The van der Waals surface area contributed by atoms with Crippen LogP contribution in [0.15, 0.2) is 11.6 Å². The first-order valence-electron chi connectivity index (χ1n) is 5.91. The number of aliphatic hydroxyl groups is 1. The van der Waals surface area contributed by atoms with Crippen molar-refractivity contribution in [3.63, 3.8) is 0 Å². The molecule has 1 rings (SSSR count). The first-order chi connectivity index (χ1) is 7.24. The van der Waals surface area contributed by atoms with Crippen LogP contribution in [-0.4, -0.2) is 35.2 Å². The molecule has 88 valence electrons. The summed E-state index contributed by atoms with van der Waals surface area (Å²) in [6.45, 7) is 3.93. The van der Waals surface area contributed by atoms with Gasteiger partial charge in [0.25, 0.3) is 0 Å². The molecule has 3 heteroatoms. The van der Waals surface area contributed by atoms with Crippen molar-refractivity contribution in [2.75, 3.05) is 13.1 Å². The maximum absolute atomic E-state index is 9.47. The lowest BCUT2D eigenvalue weighted by Gasteiger charge is -2.29. The number of aliphatic hydroxyl groups excluding tert-OH is 1. The van der Waals surface area contributed by atoms with Crippen LogP contribution in [0.2, 0.25) is 0 Å². The van der Waals surface area contributed by atoms with Crippen molar-refractivity contribution in [3.8, 4) is 0 Å². The molecule has 0 radical (unpaired) electrons. The Morgan fingerprint density at radius 3 is 2.93 bits per heavy atom. The van der Waals surface area contributed by atoms with Gasteiger partial charge in [-0.2, -0.15) is 0 Å². The molecule has 2 unspecified atom stereocenters. The molecule has 0 aliphatic carbocycles. The van der Waals surface area contributed by atoms with E-state index in [4.69, 9.17) is 11.6 Å². The van der Waals surface area contributed by atoms with Gasteiger partial charge in [0.15, 0.2) is 0 Å². The minimum absolute atomic E-state index is 0.199. The van der Waals surface area contributed by atoms with E-state index >= 15 is 0 Å². The number of hydrogen-bond acceptors (Lipinski definition) is 2. The summed E-state index contributed by atoms with van der Waals surface area (Å²) < 4.78 is 0. The van der Waals surface area contributed by atoms with Crippen molar-refractivity contribution in [2.24, 2.45) is 0 Å². The van der Waals surface area contributed by atoms with Crippen molar-refractivity contribution in [2.45, 2.75) is 51.2 Å². The highest BCUT2D eigenvalue weighted by Gasteiger charge is 2.21. The second-order valence-corrected chi connectivity index (χ2v) is 4.70. The topological polar surface area (TPSA) is 23.5 Å². The highest BCUT2D eigenvalue weighted by molar-refractivity contribution is 6.25. The molecule has 1 fully saturated rings. The van der Waals surface area contributed by atoms with Crippen molar-refractivity contribution in [1.82, 2.24) is 4.90 Å². The van der Waals surface area contributed by atoms with Gasteiger partial charge in [0.2, 0.25) is 0 Å². The number of nitrogens with zero attached hydrogens (tertiary/aromatic N) is 1. The Bertz CT molecular complexity index is 194. The van der Waals surface area contributed by atoms with Crippen LogP contribution >= 0.6 is 11.6 Å². The molecular formula is C12H22ClNO. The van der Waals surface area contributed by atoms with E-state index in [-0.39, 0.29) is 6.10 Å². The van der Waals surface area contributed by atoms with Gasteiger partial charge in [-0.1, -0.05) is 30.5 Å². The summed E-state index contributed by atoms with van der Waals surface area (Å²) in [4.78, 5) is 2.44. The fraction of sp³-hybridized carbons (Fsp3) is 0.833. The first-order valence-corrected chi connectivity index (χ1v) is 6.35. The van der Waals surface area contributed by atoms with Gasteiger partial charge in [0, 0.05) is 18.1 Å². The van der Waals surface area contributed by atoms with E-state index in [1.54, 1.807) is 5.54 Å². The summed E-state index contributed by atoms with van der Waals surface area (Å²) in [6.07, 6.45) is 7.76. The van der Waals surface area contributed by atoms with Crippen LogP contribution in [-0.2, 0) is 0 Å². The van der Waals surface area contributed by atoms with E-state index in [9.17, 15) is 5.11 Å². The van der Waals surface area contributed by atoms with Crippen molar-refractivity contribution < 1.29 is 5.11 Å². The predicted octanol–water partition coefficient (Wildman–Crippen LogP) is 2.75. The Balaban J connectivity index is 2.50. The Hall–Kier alpha value is -0.0500. The Morgan fingerprint density at radius 1 is 1.47 bits per heavy atom. The molecule has 0 amide bonds. The van der Waals surface area contributed by atoms with Crippen LogP contribution in [0, 0.1) is 0 Å². The molecule has 0 aromatic carbocycles. The largest absolute Gasteiger partial charge is 0.393 e. The van der Waals surface area contributed by atoms with E-state index in [1.807, 2.05) is 13.0 Å². The van der Waals surface area contributed by atoms with Crippen LogP contribution in [0.4, 0.5) is 0 Å². The maximum Gasteiger partial charge on any atom is 0.0527 e. The normalized spacial score (nSPS) is 26.7. The summed E-state index contributed by atoms with van der Waals surface area (Å²) in [5.41, 5.74) is 1.59. The highest BCUT2D eigenvalue weighted by Crippen LogP contribution is 2.20. The van der Waals surface area contributed by atoms with Gasteiger partial charge in [-0.15, -0.1) is 0 Å². The summed E-state index contributed by atoms with van der Waals surface area (Å²) in [7, 11) is 0. The molecule has 0 bridgehead atoms. The summed E-state index contributed by atoms with van der Waals surface area (Å²) >= 11 is 5.56. The van der Waals surface area contributed by atoms with Gasteiger partial charge in [-0.05, 0) is 32.7 Å². The fourth-order valence-electron chi connectivity index (χ4n) is 2.31. The van der Waals surface area contributed by atoms with Crippen LogP contribution in [0.1, 0.15) is 39.0 Å². The zero-order valence-electron chi connectivity index (χ0n) is 9.53. The van der Waals surface area contributed by atoms with E-state index < -0.39 is 0 Å². The number of halogens is 1. The van der Waals surface area contributed by atoms with E-state index in [0.29, 0.717) is 6.04 Å². The quantitative estimate of drug-likeness (QED) is 0.805. The molecule has 2 atom stereocenters. The van der Waals surface area contributed by atoms with Crippen molar-refractivity contribution in [3.05, 3.63) is 11.6 Å². The molecule has 1 heterocycles. The van der Waals surface area contributed by atoms with Crippen molar-refractivity contribution >= 4 is 11.6 Å². The molecule has 1 N–H and O–H groups in total. The molecule has 0 spiro atoms. The first kappa shape index (κ1) is 13.0. The molecule has 2 nitrogen and oxygen atoms in total. The van der Waals surface area contributed by atoms with Gasteiger partial charge in [0.1, 0.15) is 0 Å². The van der Waals surface area contributed by atoms with E-state index in [2.05, 4.69) is 4.90 Å². The molecule has 0 saturated carbocycles. The van der Waals surface area contributed by atoms with Gasteiger partial charge in [0.05, 0.1) is 6.10 Å². The average Bonchev–Trinajstić information content (AvgIpc) is 2.40. The Morgan fingerprint density at radius 2 is 2.27 bits per heavy atom. The standard InChI is InChI=1S/C12H22ClNO/c1-11(15)10-12-6-3-2-4-8-14(12)9-5-7-13/h5,7,11-12,15H,2-4,6,8-10H2,1H3/b7-5+. The molecule has 0 aromatic heterocycles. The smallest absolute Gasteiger partial charge is 0.0527 e. The third-order valence-corrected chi connectivity index (χ3v) is 3.22. The van der Waals surface area contributed by atoms with Crippen molar-refractivity contribution in [1.29, 1.82) is 0 Å². The third-order valence-electron chi connectivity index (χ3n) is 3.04. The van der Waals surface area contributed by atoms with Gasteiger partial charge in [-0.25, -0.2) is 0 Å². The predicted molar refractivity (Wildman–Crippen MR) is 65.1 cm³/mol. The molecular weight excluding hydrogens is 210 g/mol. The van der Waals surface area contributed by atoms with Gasteiger partial charge >= 0.3 is 0 Å². The minimum Gasteiger partial charge on any atom is -0.393 e. The minimum atomic E-state index is -0.199. The number of likely N-dealkylation sites (tertiary alicyclic amines) is 1. The summed E-state index contributed by atoms with van der Waals surface area (Å²) in [5, 5.41) is 9.47. The average molecular weight is 232 g/mol. The zero-order chi connectivity index (χ0) is 11.1. The second kappa shape index (κ2) is 7.26. The summed E-state index contributed by atoms with van der Waals surface area (Å²) in [5.74, 6) is 0. The SMILES string of the molecule is CC(O)CC1CCCCCN1C/C=C/Cl. The molecule has 15 heavy (non-hydrogen) atoms. The lowest BCUT2D eigenvalue weighted by molar-refractivity contribution is 0.119. The van der Waals surface area contributed by atoms with E-state index in [1.165, 1.54) is 25.7 Å². The van der Waals surface area contributed by atoms with Crippen LogP contribution in [0.3, 0.4) is 0 Å². The monoisotopic (exact) mass is 231 g/mol. The lowest BCUT2D eigenvalue weighted by atomic mass is 10.0. The third kappa shape index (κ3) is 5.01. The van der Waals surface area contributed by atoms with E-state index in [0.717, 1.165) is 19.5 Å². The van der Waals surface area contributed by atoms with Crippen LogP contribution in [0.5, 0.6) is 0 Å². The molecule has 1 aliphatic heterocycles. The Labute approximate surface area is 97.9 Å². The number of hydrogen-bond donors (Lipinski definition) is 1. The molecule has 0 aromatic rings. The van der Waals surface area contributed by atoms with Crippen LogP contribution in [0.25, 0.3) is 0 Å².